The number of rotatable bonds is 2. The predicted molar refractivity (Wildman–Crippen MR) is 51.3 cm³/mol. The molecule has 0 bridgehead atoms. The molecule has 0 aliphatic rings. The molecule has 1 nitrogen and oxygen atoms in total. The fraction of sp³-hybridized carbons (Fsp3) is 0.444. The van der Waals surface area contributed by atoms with Gasteiger partial charge in [-0.15, -0.1) is 0 Å². The van der Waals surface area contributed by atoms with Gasteiger partial charge in [0.1, 0.15) is 0 Å². The summed E-state index contributed by atoms with van der Waals surface area (Å²) in [6.07, 6.45) is 0.964. The average Bonchev–Trinajstić information content (AvgIpc) is 1.85. The van der Waals surface area contributed by atoms with Gasteiger partial charge in [-0.3, -0.25) is 4.98 Å². The normalized spacial score (nSPS) is 10.1. The third-order valence-corrected chi connectivity index (χ3v) is 1.74. The Kier molecular flexibility index (Phi) is 2.94. The number of hydrogen-bond donors (Lipinski definition) is 1. The van der Waals surface area contributed by atoms with E-state index in [9.17, 15) is 0 Å². The lowest BCUT2D eigenvalue weighted by atomic mass is 10.2. The molecule has 0 aliphatic carbocycles. The Morgan fingerprint density at radius 3 is 2.64 bits per heavy atom. The topological polar surface area (TPSA) is 12.9 Å². The standard InChI is InChI=1S/C9H13NS/c1-7-5-8(2)10-9(6-7)3-4-11/h5-6,11H,3-4H2,1-2H3. The summed E-state index contributed by atoms with van der Waals surface area (Å²) in [6.45, 7) is 4.12. The molecule has 1 aromatic rings. The lowest BCUT2D eigenvalue weighted by Crippen LogP contribution is -1.94. The van der Waals surface area contributed by atoms with Crippen molar-refractivity contribution in [1.29, 1.82) is 0 Å². The lowest BCUT2D eigenvalue weighted by molar-refractivity contribution is 1.01. The summed E-state index contributed by atoms with van der Waals surface area (Å²) in [4.78, 5) is 4.37. The number of aromatic nitrogens is 1. The second-order valence-corrected chi connectivity index (χ2v) is 3.20. The van der Waals surface area contributed by atoms with Crippen molar-refractivity contribution < 1.29 is 0 Å². The molecule has 0 saturated carbocycles. The summed E-state index contributed by atoms with van der Waals surface area (Å²) in [6, 6.07) is 4.20. The molecule has 60 valence electrons. The molecule has 0 atom stereocenters. The van der Waals surface area contributed by atoms with Gasteiger partial charge < -0.3 is 0 Å². The van der Waals surface area contributed by atoms with Crippen LogP contribution in [-0.2, 0) is 6.42 Å². The van der Waals surface area contributed by atoms with Gasteiger partial charge in [-0.1, -0.05) is 0 Å². The van der Waals surface area contributed by atoms with Gasteiger partial charge in [0.05, 0.1) is 0 Å². The van der Waals surface area contributed by atoms with Crippen LogP contribution in [0.4, 0.5) is 0 Å². The summed E-state index contributed by atoms with van der Waals surface area (Å²) < 4.78 is 0. The third kappa shape index (κ3) is 2.54. The number of nitrogens with zero attached hydrogens (tertiary/aromatic N) is 1. The zero-order valence-corrected chi connectivity index (χ0v) is 7.86. The summed E-state index contributed by atoms with van der Waals surface area (Å²) in [5.41, 5.74) is 3.54. The van der Waals surface area contributed by atoms with Crippen LogP contribution < -0.4 is 0 Å². The van der Waals surface area contributed by atoms with E-state index in [1.165, 1.54) is 5.56 Å². The number of hydrogen-bond acceptors (Lipinski definition) is 2. The van der Waals surface area contributed by atoms with Crippen molar-refractivity contribution in [3.63, 3.8) is 0 Å². The molecule has 1 aromatic heterocycles. The largest absolute Gasteiger partial charge is 0.258 e. The monoisotopic (exact) mass is 167 g/mol. The first kappa shape index (κ1) is 8.60. The number of aryl methyl sites for hydroxylation is 3. The van der Waals surface area contributed by atoms with Gasteiger partial charge in [-0.2, -0.15) is 12.6 Å². The maximum atomic E-state index is 4.37. The zero-order chi connectivity index (χ0) is 8.27. The Balaban J connectivity index is 2.89. The molecule has 0 unspecified atom stereocenters. The van der Waals surface area contributed by atoms with Crippen LogP contribution in [0.3, 0.4) is 0 Å². The lowest BCUT2D eigenvalue weighted by Gasteiger charge is -2.00. The fourth-order valence-electron chi connectivity index (χ4n) is 1.17. The van der Waals surface area contributed by atoms with E-state index < -0.39 is 0 Å². The summed E-state index contributed by atoms with van der Waals surface area (Å²) >= 11 is 4.16. The Hall–Kier alpha value is -0.500. The van der Waals surface area contributed by atoms with Crippen molar-refractivity contribution >= 4 is 12.6 Å². The Bertz CT molecular complexity index is 225. The van der Waals surface area contributed by atoms with Crippen LogP contribution in [0.1, 0.15) is 17.0 Å². The molecule has 0 amide bonds. The van der Waals surface area contributed by atoms with Gasteiger partial charge in [0.15, 0.2) is 0 Å². The Morgan fingerprint density at radius 1 is 1.36 bits per heavy atom. The van der Waals surface area contributed by atoms with Gasteiger partial charge in [-0.05, 0) is 43.7 Å². The van der Waals surface area contributed by atoms with Crippen molar-refractivity contribution in [2.24, 2.45) is 0 Å². The van der Waals surface area contributed by atoms with Crippen molar-refractivity contribution in [3.05, 3.63) is 29.1 Å². The molecule has 11 heavy (non-hydrogen) atoms. The molecule has 1 heterocycles. The minimum absolute atomic E-state index is 0.871. The van der Waals surface area contributed by atoms with Gasteiger partial charge in [0.2, 0.25) is 0 Å². The highest BCUT2D eigenvalue weighted by atomic mass is 32.1. The smallest absolute Gasteiger partial charge is 0.0417 e. The summed E-state index contributed by atoms with van der Waals surface area (Å²) in [5.74, 6) is 0.871. The van der Waals surface area contributed by atoms with Gasteiger partial charge in [0, 0.05) is 11.4 Å². The van der Waals surface area contributed by atoms with Gasteiger partial charge >= 0.3 is 0 Å². The molecule has 1 rings (SSSR count). The van der Waals surface area contributed by atoms with Crippen molar-refractivity contribution in [2.45, 2.75) is 20.3 Å². The SMILES string of the molecule is Cc1cc(C)nc(CCS)c1. The first-order valence-electron chi connectivity index (χ1n) is 3.77. The van der Waals surface area contributed by atoms with Gasteiger partial charge in [0.25, 0.3) is 0 Å². The van der Waals surface area contributed by atoms with Crippen molar-refractivity contribution in [3.8, 4) is 0 Å². The molecular formula is C9H13NS. The van der Waals surface area contributed by atoms with E-state index in [4.69, 9.17) is 0 Å². The molecule has 0 spiro atoms. The Morgan fingerprint density at radius 2 is 2.09 bits per heavy atom. The molecular weight excluding hydrogens is 154 g/mol. The van der Waals surface area contributed by atoms with Crippen LogP contribution in [0.25, 0.3) is 0 Å². The van der Waals surface area contributed by atoms with Crippen LogP contribution in [0.15, 0.2) is 12.1 Å². The molecule has 0 aliphatic heterocycles. The zero-order valence-electron chi connectivity index (χ0n) is 6.96. The minimum Gasteiger partial charge on any atom is -0.258 e. The van der Waals surface area contributed by atoms with Crippen LogP contribution in [0, 0.1) is 13.8 Å². The van der Waals surface area contributed by atoms with E-state index in [-0.39, 0.29) is 0 Å². The number of pyridine rings is 1. The fourth-order valence-corrected chi connectivity index (χ4v) is 1.40. The maximum Gasteiger partial charge on any atom is 0.0417 e. The maximum absolute atomic E-state index is 4.37. The first-order valence-corrected chi connectivity index (χ1v) is 4.40. The van der Waals surface area contributed by atoms with E-state index in [0.29, 0.717) is 0 Å². The molecule has 0 N–H and O–H groups in total. The number of thiol groups is 1. The Labute approximate surface area is 73.3 Å². The van der Waals surface area contributed by atoms with Crippen molar-refractivity contribution in [2.75, 3.05) is 5.75 Å². The molecule has 0 saturated heterocycles. The second kappa shape index (κ2) is 3.77. The highest BCUT2D eigenvalue weighted by Crippen LogP contribution is 2.04. The van der Waals surface area contributed by atoms with Crippen LogP contribution in [0.2, 0.25) is 0 Å². The van der Waals surface area contributed by atoms with E-state index >= 15 is 0 Å². The summed E-state index contributed by atoms with van der Waals surface area (Å²) in [7, 11) is 0. The van der Waals surface area contributed by atoms with Crippen LogP contribution in [0.5, 0.6) is 0 Å². The summed E-state index contributed by atoms with van der Waals surface area (Å²) in [5, 5.41) is 0. The minimum atomic E-state index is 0.871. The van der Waals surface area contributed by atoms with E-state index in [2.05, 4.69) is 36.7 Å². The predicted octanol–water partition coefficient (Wildman–Crippen LogP) is 2.17. The highest BCUT2D eigenvalue weighted by Gasteiger charge is 1.95. The molecule has 0 radical (unpaired) electrons. The van der Waals surface area contributed by atoms with Gasteiger partial charge in [-0.25, -0.2) is 0 Å². The molecule has 0 fully saturated rings. The average molecular weight is 167 g/mol. The molecule has 2 heteroatoms. The van der Waals surface area contributed by atoms with E-state index in [1.54, 1.807) is 0 Å². The first-order chi connectivity index (χ1) is 5.22. The van der Waals surface area contributed by atoms with E-state index in [0.717, 1.165) is 23.6 Å². The highest BCUT2D eigenvalue weighted by molar-refractivity contribution is 7.80. The quantitative estimate of drug-likeness (QED) is 0.666. The second-order valence-electron chi connectivity index (χ2n) is 2.75. The van der Waals surface area contributed by atoms with Crippen LogP contribution in [-0.4, -0.2) is 10.7 Å². The van der Waals surface area contributed by atoms with Crippen molar-refractivity contribution in [1.82, 2.24) is 4.98 Å². The molecule has 0 aromatic carbocycles. The van der Waals surface area contributed by atoms with E-state index in [1.807, 2.05) is 6.92 Å². The van der Waals surface area contributed by atoms with Crippen LogP contribution >= 0.6 is 12.6 Å². The third-order valence-electron chi connectivity index (χ3n) is 1.52.